The number of nitrogens with zero attached hydrogens (tertiary/aromatic N) is 2. The summed E-state index contributed by atoms with van der Waals surface area (Å²) in [6.07, 6.45) is 0.641. The van der Waals surface area contributed by atoms with Gasteiger partial charge < -0.3 is 14.3 Å². The zero-order valence-corrected chi connectivity index (χ0v) is 11.1. The van der Waals surface area contributed by atoms with Crippen LogP contribution in [-0.4, -0.2) is 34.3 Å². The molecule has 0 aliphatic carbocycles. The van der Waals surface area contributed by atoms with E-state index in [2.05, 4.69) is 14.9 Å². The second-order valence-corrected chi connectivity index (χ2v) is 4.75. The van der Waals surface area contributed by atoms with Gasteiger partial charge in [-0.2, -0.15) is 8.78 Å². The molecule has 5 nitrogen and oxygen atoms in total. The summed E-state index contributed by atoms with van der Waals surface area (Å²) < 4.78 is 33.7. The Kier molecular flexibility index (Phi) is 5.31. The summed E-state index contributed by atoms with van der Waals surface area (Å²) in [5, 5.41) is 16.8. The Bertz CT molecular complexity index is 534. The van der Waals surface area contributed by atoms with E-state index >= 15 is 0 Å². The smallest absolute Gasteiger partial charge is 0.387 e. The molecule has 0 aliphatic rings. The van der Waals surface area contributed by atoms with Gasteiger partial charge >= 0.3 is 6.61 Å². The first-order chi connectivity index (χ1) is 9.69. The highest BCUT2D eigenvalue weighted by atomic mass is 32.2. The summed E-state index contributed by atoms with van der Waals surface area (Å²) in [7, 11) is 0. The van der Waals surface area contributed by atoms with Gasteiger partial charge in [-0.25, -0.2) is 0 Å². The van der Waals surface area contributed by atoms with Crippen molar-refractivity contribution in [2.75, 3.05) is 12.4 Å². The van der Waals surface area contributed by atoms with Crippen LogP contribution >= 0.6 is 11.8 Å². The first-order valence-electron chi connectivity index (χ1n) is 5.81. The summed E-state index contributed by atoms with van der Waals surface area (Å²) >= 11 is 1.35. The predicted octanol–water partition coefficient (Wildman–Crippen LogP) is 2.81. The number of thioether (sulfide) groups is 1. The van der Waals surface area contributed by atoms with Gasteiger partial charge in [-0.3, -0.25) is 0 Å². The Morgan fingerprint density at radius 1 is 1.25 bits per heavy atom. The molecule has 1 N–H and O–H groups in total. The third-order valence-corrected chi connectivity index (χ3v) is 3.17. The van der Waals surface area contributed by atoms with Crippen molar-refractivity contribution in [3.63, 3.8) is 0 Å². The number of aliphatic hydroxyl groups is 1. The third kappa shape index (κ3) is 4.17. The number of rotatable bonds is 7. The van der Waals surface area contributed by atoms with Gasteiger partial charge in [0.15, 0.2) is 0 Å². The predicted molar refractivity (Wildman–Crippen MR) is 68.8 cm³/mol. The average molecular weight is 302 g/mol. The molecule has 8 heteroatoms. The summed E-state index contributed by atoms with van der Waals surface area (Å²) in [5.41, 5.74) is 0.619. The lowest BCUT2D eigenvalue weighted by atomic mass is 10.2. The summed E-state index contributed by atoms with van der Waals surface area (Å²) in [5.74, 6) is 1.06. The zero-order valence-electron chi connectivity index (χ0n) is 10.3. The van der Waals surface area contributed by atoms with Gasteiger partial charge in [0.25, 0.3) is 5.22 Å². The third-order valence-electron chi connectivity index (χ3n) is 2.26. The van der Waals surface area contributed by atoms with E-state index in [4.69, 9.17) is 9.52 Å². The van der Waals surface area contributed by atoms with Crippen LogP contribution in [0.3, 0.4) is 0 Å². The molecule has 0 unspecified atom stereocenters. The molecule has 0 amide bonds. The topological polar surface area (TPSA) is 68.4 Å². The molecule has 1 aromatic carbocycles. The summed E-state index contributed by atoms with van der Waals surface area (Å²) in [4.78, 5) is 0. The molecule has 0 radical (unpaired) electrons. The fourth-order valence-corrected chi connectivity index (χ4v) is 2.07. The summed E-state index contributed by atoms with van der Waals surface area (Å²) in [6, 6.07) is 5.94. The van der Waals surface area contributed by atoms with Gasteiger partial charge in [-0.1, -0.05) is 11.8 Å². The Hall–Kier alpha value is -1.67. The molecule has 2 rings (SSSR count). The molecule has 1 heterocycles. The minimum Gasteiger partial charge on any atom is -0.435 e. The lowest BCUT2D eigenvalue weighted by Gasteiger charge is -2.03. The van der Waals surface area contributed by atoms with E-state index in [1.165, 1.54) is 23.9 Å². The quantitative estimate of drug-likeness (QED) is 0.626. The van der Waals surface area contributed by atoms with Crippen LogP contribution in [0.5, 0.6) is 5.75 Å². The maximum absolute atomic E-state index is 12.0. The van der Waals surface area contributed by atoms with Crippen LogP contribution in [0.1, 0.15) is 6.42 Å². The summed E-state index contributed by atoms with van der Waals surface area (Å²) in [6.45, 7) is -2.74. The Balaban J connectivity index is 2.00. The lowest BCUT2D eigenvalue weighted by molar-refractivity contribution is -0.0498. The van der Waals surface area contributed by atoms with Crippen molar-refractivity contribution < 1.29 is 23.0 Å². The average Bonchev–Trinajstić information content (AvgIpc) is 2.88. The fraction of sp³-hybridized carbons (Fsp3) is 0.333. The number of hydrogen-bond donors (Lipinski definition) is 1. The van der Waals surface area contributed by atoms with Crippen LogP contribution in [0.4, 0.5) is 8.78 Å². The monoisotopic (exact) mass is 302 g/mol. The second kappa shape index (κ2) is 7.20. The van der Waals surface area contributed by atoms with E-state index in [-0.39, 0.29) is 12.4 Å². The first kappa shape index (κ1) is 14.7. The van der Waals surface area contributed by atoms with E-state index in [9.17, 15) is 8.78 Å². The highest BCUT2D eigenvalue weighted by Gasteiger charge is 2.10. The molecule has 0 aliphatic heterocycles. The first-order valence-corrected chi connectivity index (χ1v) is 6.80. The van der Waals surface area contributed by atoms with Crippen molar-refractivity contribution in [1.29, 1.82) is 0 Å². The second-order valence-electron chi connectivity index (χ2n) is 3.70. The molecular formula is C12H12F2N2O3S. The maximum Gasteiger partial charge on any atom is 0.387 e. The van der Waals surface area contributed by atoms with Crippen molar-refractivity contribution in [3.8, 4) is 17.2 Å². The fourth-order valence-electron chi connectivity index (χ4n) is 1.39. The van der Waals surface area contributed by atoms with Gasteiger partial charge in [0, 0.05) is 17.9 Å². The van der Waals surface area contributed by atoms with Crippen molar-refractivity contribution in [1.82, 2.24) is 10.2 Å². The number of benzene rings is 1. The van der Waals surface area contributed by atoms with Gasteiger partial charge in [-0.05, 0) is 30.7 Å². The molecule has 1 aromatic heterocycles. The zero-order chi connectivity index (χ0) is 14.4. The van der Waals surface area contributed by atoms with Gasteiger partial charge in [0.1, 0.15) is 5.75 Å². The molecule has 20 heavy (non-hydrogen) atoms. The standard InChI is InChI=1S/C12H12F2N2O3S/c13-11(14)18-9-4-2-8(3-5-9)10-15-16-12(19-10)20-7-1-6-17/h2-5,11,17H,1,6-7H2. The van der Waals surface area contributed by atoms with Gasteiger partial charge in [0.2, 0.25) is 5.89 Å². The highest BCUT2D eigenvalue weighted by molar-refractivity contribution is 7.99. The molecule has 0 atom stereocenters. The Labute approximate surface area is 118 Å². The van der Waals surface area contributed by atoms with Crippen LogP contribution in [0, 0.1) is 0 Å². The van der Waals surface area contributed by atoms with E-state index in [0.29, 0.717) is 28.9 Å². The number of ether oxygens (including phenoxy) is 1. The molecule has 108 valence electrons. The van der Waals surface area contributed by atoms with Crippen molar-refractivity contribution >= 4 is 11.8 Å². The number of aliphatic hydroxyl groups excluding tert-OH is 1. The van der Waals surface area contributed by atoms with Crippen molar-refractivity contribution in [2.45, 2.75) is 18.3 Å². The maximum atomic E-state index is 12.0. The van der Waals surface area contributed by atoms with Crippen molar-refractivity contribution in [2.24, 2.45) is 0 Å². The van der Waals surface area contributed by atoms with Crippen LogP contribution in [0.25, 0.3) is 11.5 Å². The molecule has 0 saturated heterocycles. The lowest BCUT2D eigenvalue weighted by Crippen LogP contribution is -2.01. The van der Waals surface area contributed by atoms with E-state index in [1.807, 2.05) is 0 Å². The van der Waals surface area contributed by atoms with E-state index in [1.54, 1.807) is 12.1 Å². The molecule has 0 spiro atoms. The number of halogens is 2. The Morgan fingerprint density at radius 3 is 2.65 bits per heavy atom. The highest BCUT2D eigenvalue weighted by Crippen LogP contribution is 2.25. The van der Waals surface area contributed by atoms with Gasteiger partial charge in [0.05, 0.1) is 0 Å². The SMILES string of the molecule is OCCCSc1nnc(-c2ccc(OC(F)F)cc2)o1. The molecule has 0 saturated carbocycles. The van der Waals surface area contributed by atoms with Crippen LogP contribution in [0.15, 0.2) is 33.9 Å². The number of alkyl halides is 2. The molecule has 0 fully saturated rings. The van der Waals surface area contributed by atoms with Crippen LogP contribution in [0.2, 0.25) is 0 Å². The number of hydrogen-bond acceptors (Lipinski definition) is 6. The minimum absolute atomic E-state index is 0.0702. The minimum atomic E-state index is -2.85. The normalized spacial score (nSPS) is 11.0. The molecule has 0 bridgehead atoms. The van der Waals surface area contributed by atoms with E-state index < -0.39 is 6.61 Å². The Morgan fingerprint density at radius 2 is 2.00 bits per heavy atom. The van der Waals surface area contributed by atoms with Gasteiger partial charge in [-0.15, -0.1) is 10.2 Å². The van der Waals surface area contributed by atoms with E-state index in [0.717, 1.165) is 0 Å². The van der Waals surface area contributed by atoms with Crippen molar-refractivity contribution in [3.05, 3.63) is 24.3 Å². The van der Waals surface area contributed by atoms with Crippen LogP contribution in [-0.2, 0) is 0 Å². The number of aromatic nitrogens is 2. The molecule has 2 aromatic rings. The molecular weight excluding hydrogens is 290 g/mol. The van der Waals surface area contributed by atoms with Crippen LogP contribution < -0.4 is 4.74 Å². The largest absolute Gasteiger partial charge is 0.435 e.